The Morgan fingerprint density at radius 2 is 1.93 bits per heavy atom. The van der Waals surface area contributed by atoms with Crippen LogP contribution in [0.4, 0.5) is 10.1 Å². The number of oxime groups is 1. The van der Waals surface area contributed by atoms with Crippen LogP contribution in [-0.2, 0) is 14.4 Å². The lowest BCUT2D eigenvalue weighted by Crippen LogP contribution is -2.18. The van der Waals surface area contributed by atoms with Crippen molar-refractivity contribution < 1.29 is 23.5 Å². The van der Waals surface area contributed by atoms with Crippen LogP contribution in [0.3, 0.4) is 0 Å². The van der Waals surface area contributed by atoms with Gasteiger partial charge in [0.1, 0.15) is 16.7 Å². The molecule has 2 aromatic rings. The van der Waals surface area contributed by atoms with Gasteiger partial charge in [-0.25, -0.2) is 4.79 Å². The highest BCUT2D eigenvalue weighted by atomic mass is 35.5. The molecule has 0 amide bonds. The predicted octanol–water partition coefficient (Wildman–Crippen LogP) is 3.47. The molecule has 2 rings (SSSR count). The number of carbonyl (C=O) groups is 1. The highest BCUT2D eigenvalue weighted by Gasteiger charge is 2.17. The Morgan fingerprint density at radius 3 is 2.63 bits per heavy atom. The van der Waals surface area contributed by atoms with Gasteiger partial charge in [0.05, 0.1) is 11.4 Å². The van der Waals surface area contributed by atoms with Crippen molar-refractivity contribution in [2.75, 3.05) is 25.6 Å². The first kappa shape index (κ1) is 20.7. The third-order valence-electron chi connectivity index (χ3n) is 3.20. The molecule has 27 heavy (non-hydrogen) atoms. The molecule has 10 heteroatoms. The van der Waals surface area contributed by atoms with Crippen LogP contribution in [-0.4, -0.2) is 36.5 Å². The molecule has 0 fully saturated rings. The number of anilines is 1. The monoisotopic (exact) mass is 415 g/mol. The molecule has 0 radical (unpaired) electrons. The summed E-state index contributed by atoms with van der Waals surface area (Å²) in [5.41, 5.74) is 6.88. The number of nitrogen functional groups attached to an aromatic ring is 1. The van der Waals surface area contributed by atoms with E-state index in [1.165, 1.54) is 0 Å². The second-order valence-corrected chi connectivity index (χ2v) is 5.89. The first-order valence-electron chi connectivity index (χ1n) is 7.70. The Hall–Kier alpha value is -2.58. The molecule has 0 saturated carbocycles. The van der Waals surface area contributed by atoms with Gasteiger partial charge in [0, 0.05) is 0 Å². The van der Waals surface area contributed by atoms with Crippen molar-refractivity contribution in [3.8, 4) is 5.88 Å². The lowest BCUT2D eigenvalue weighted by atomic mass is 10.1. The summed E-state index contributed by atoms with van der Waals surface area (Å²) in [4.78, 5) is 20.1. The summed E-state index contributed by atoms with van der Waals surface area (Å²) in [7, 11) is 0. The Bertz CT molecular complexity index is 835. The van der Waals surface area contributed by atoms with E-state index in [0.29, 0.717) is 5.71 Å². The molecular formula is C17H16Cl2FN3O4. The van der Waals surface area contributed by atoms with Crippen LogP contribution in [0.15, 0.2) is 35.5 Å². The van der Waals surface area contributed by atoms with Gasteiger partial charge in [-0.2, -0.15) is 9.37 Å². The van der Waals surface area contributed by atoms with Gasteiger partial charge in [-0.15, -0.1) is 0 Å². The van der Waals surface area contributed by atoms with Crippen LogP contribution in [0.2, 0.25) is 10.0 Å². The highest BCUT2D eigenvalue weighted by Crippen LogP contribution is 2.35. The summed E-state index contributed by atoms with van der Waals surface area (Å²) in [5.74, 6) is -2.14. The van der Waals surface area contributed by atoms with Crippen LogP contribution in [0, 0.1) is 5.95 Å². The van der Waals surface area contributed by atoms with Gasteiger partial charge >= 0.3 is 5.97 Å². The molecule has 144 valence electrons. The molecule has 0 bridgehead atoms. The smallest absolute Gasteiger partial charge is 0.344 e. The summed E-state index contributed by atoms with van der Waals surface area (Å²) < 4.78 is 23.3. The van der Waals surface area contributed by atoms with Gasteiger partial charge in [-0.05, 0) is 12.5 Å². The summed E-state index contributed by atoms with van der Waals surface area (Å²) in [6.45, 7) is 1.26. The van der Waals surface area contributed by atoms with Gasteiger partial charge in [-0.3, -0.25) is 0 Å². The van der Waals surface area contributed by atoms with Crippen molar-refractivity contribution in [2.45, 2.75) is 6.92 Å². The number of hydrogen-bond acceptors (Lipinski definition) is 7. The van der Waals surface area contributed by atoms with Crippen molar-refractivity contribution >= 4 is 40.6 Å². The zero-order chi connectivity index (χ0) is 19.8. The van der Waals surface area contributed by atoms with Crippen LogP contribution in [0.25, 0.3) is 0 Å². The van der Waals surface area contributed by atoms with E-state index in [1.807, 2.05) is 30.3 Å². The van der Waals surface area contributed by atoms with E-state index in [0.717, 1.165) is 5.56 Å². The van der Waals surface area contributed by atoms with Crippen LogP contribution >= 0.6 is 23.2 Å². The third kappa shape index (κ3) is 5.97. The molecule has 1 aromatic carbocycles. The first-order chi connectivity index (χ1) is 12.9. The molecule has 0 unspecified atom stereocenters. The minimum atomic E-state index is -1.05. The fourth-order valence-electron chi connectivity index (χ4n) is 1.84. The number of rotatable bonds is 8. The Labute approximate surface area is 164 Å². The first-order valence-corrected chi connectivity index (χ1v) is 8.46. The van der Waals surface area contributed by atoms with Gasteiger partial charge in [0.25, 0.3) is 0 Å². The molecule has 1 heterocycles. The van der Waals surface area contributed by atoms with Crippen LogP contribution in [0.5, 0.6) is 5.88 Å². The molecule has 0 aliphatic rings. The number of pyridine rings is 1. The number of benzene rings is 1. The number of ether oxygens (including phenoxy) is 2. The van der Waals surface area contributed by atoms with Crippen molar-refractivity contribution in [3.05, 3.63) is 51.9 Å². The summed E-state index contributed by atoms with van der Waals surface area (Å²) in [6, 6.07) is 9.46. The number of halogens is 3. The fourth-order valence-corrected chi connectivity index (χ4v) is 2.22. The molecule has 0 aliphatic heterocycles. The number of esters is 1. The topological polar surface area (TPSA) is 96.0 Å². The Kier molecular flexibility index (Phi) is 7.63. The minimum Gasteiger partial charge on any atom is -0.464 e. The van der Waals surface area contributed by atoms with E-state index in [9.17, 15) is 9.18 Å². The number of carbonyl (C=O) groups excluding carboxylic acids is 1. The maximum absolute atomic E-state index is 13.4. The van der Waals surface area contributed by atoms with E-state index in [2.05, 4.69) is 10.1 Å². The third-order valence-corrected chi connectivity index (χ3v) is 3.92. The SMILES string of the molecule is C/C(=N\OCCOC(=O)COc1nc(F)c(Cl)c(N)c1Cl)c1ccccc1. The van der Waals surface area contributed by atoms with Gasteiger partial charge in [0.15, 0.2) is 13.2 Å². The van der Waals surface area contributed by atoms with Crippen LogP contribution < -0.4 is 10.5 Å². The lowest BCUT2D eigenvalue weighted by Gasteiger charge is -2.10. The van der Waals surface area contributed by atoms with E-state index in [4.69, 9.17) is 43.2 Å². The number of nitrogens with zero attached hydrogens (tertiary/aromatic N) is 2. The second-order valence-electron chi connectivity index (χ2n) is 5.13. The summed E-state index contributed by atoms with van der Waals surface area (Å²) in [5, 5.41) is 3.31. The normalized spacial score (nSPS) is 11.2. The van der Waals surface area contributed by atoms with Crippen LogP contribution in [0.1, 0.15) is 12.5 Å². The van der Waals surface area contributed by atoms with Crippen molar-refractivity contribution in [3.63, 3.8) is 0 Å². The van der Waals surface area contributed by atoms with Crippen molar-refractivity contribution in [2.24, 2.45) is 5.16 Å². The quantitative estimate of drug-likeness (QED) is 0.233. The summed E-state index contributed by atoms with van der Waals surface area (Å²) >= 11 is 11.4. The highest BCUT2D eigenvalue weighted by molar-refractivity contribution is 6.39. The average molecular weight is 416 g/mol. The van der Waals surface area contributed by atoms with E-state index in [-0.39, 0.29) is 29.8 Å². The molecule has 0 atom stereocenters. The fraction of sp³-hybridized carbons (Fsp3) is 0.235. The minimum absolute atomic E-state index is 0.0496. The zero-order valence-electron chi connectivity index (χ0n) is 14.2. The molecular weight excluding hydrogens is 400 g/mol. The average Bonchev–Trinajstić information content (AvgIpc) is 2.68. The predicted molar refractivity (Wildman–Crippen MR) is 99.7 cm³/mol. The number of nitrogens with two attached hydrogens (primary N) is 1. The molecule has 1 aromatic heterocycles. The van der Waals surface area contributed by atoms with Gasteiger partial charge in [0.2, 0.25) is 11.8 Å². The van der Waals surface area contributed by atoms with E-state index >= 15 is 0 Å². The zero-order valence-corrected chi connectivity index (χ0v) is 15.8. The largest absolute Gasteiger partial charge is 0.464 e. The Morgan fingerprint density at radius 1 is 1.22 bits per heavy atom. The maximum Gasteiger partial charge on any atom is 0.344 e. The van der Waals surface area contributed by atoms with Gasteiger partial charge < -0.3 is 20.0 Å². The van der Waals surface area contributed by atoms with Crippen molar-refractivity contribution in [1.29, 1.82) is 0 Å². The molecule has 7 nitrogen and oxygen atoms in total. The lowest BCUT2D eigenvalue weighted by molar-refractivity contribution is -0.147. The molecule has 2 N–H and O–H groups in total. The van der Waals surface area contributed by atoms with Gasteiger partial charge in [-0.1, -0.05) is 58.7 Å². The van der Waals surface area contributed by atoms with E-state index < -0.39 is 23.5 Å². The standard InChI is InChI=1S/C17H16Cl2FN3O4/c1-10(11-5-3-2-4-6-11)23-27-8-7-25-12(24)9-26-17-14(19)15(21)13(18)16(20)22-17/h2-6H,7-9H2,1H3,(H2,21,22)/b23-10+. The molecule has 0 spiro atoms. The maximum atomic E-state index is 13.4. The molecule has 0 saturated heterocycles. The Balaban J connectivity index is 1.73. The van der Waals surface area contributed by atoms with Crippen molar-refractivity contribution in [1.82, 2.24) is 4.98 Å². The number of aromatic nitrogens is 1. The summed E-state index contributed by atoms with van der Waals surface area (Å²) in [6.07, 6.45) is 0. The number of hydrogen-bond donors (Lipinski definition) is 1. The van der Waals surface area contributed by atoms with E-state index in [1.54, 1.807) is 6.92 Å². The second kappa shape index (κ2) is 9.94. The molecule has 0 aliphatic carbocycles.